The van der Waals surface area contributed by atoms with Gasteiger partial charge in [0.15, 0.2) is 0 Å². The third-order valence-corrected chi connectivity index (χ3v) is 2.65. The highest BCUT2D eigenvalue weighted by molar-refractivity contribution is 6.07. The Kier molecular flexibility index (Phi) is 3.79. The largest absolute Gasteiger partial charge is 0.384 e. The van der Waals surface area contributed by atoms with E-state index in [9.17, 15) is 19.3 Å². The molecule has 0 saturated carbocycles. The van der Waals surface area contributed by atoms with E-state index in [-0.39, 0.29) is 17.1 Å². The van der Waals surface area contributed by atoms with Gasteiger partial charge in [-0.25, -0.2) is 9.37 Å². The van der Waals surface area contributed by atoms with E-state index in [1.165, 1.54) is 12.1 Å². The molecular weight excluding hydrogens is 279 g/mol. The highest BCUT2D eigenvalue weighted by Crippen LogP contribution is 2.21. The molecule has 3 N–H and O–H groups in total. The topological polar surface area (TPSA) is 111 Å². The van der Waals surface area contributed by atoms with Crippen molar-refractivity contribution in [3.8, 4) is 0 Å². The third-order valence-electron chi connectivity index (χ3n) is 2.65. The van der Waals surface area contributed by atoms with Crippen molar-refractivity contribution < 1.29 is 14.1 Å². The first-order valence-corrected chi connectivity index (χ1v) is 5.85. The van der Waals surface area contributed by atoms with Crippen LogP contribution in [-0.4, -0.2) is 15.8 Å². The Bertz CT molecular complexity index is 713. The first kappa shape index (κ1) is 14.4. The molecule has 0 aliphatic rings. The fourth-order valence-electron chi connectivity index (χ4n) is 1.80. The lowest BCUT2D eigenvalue weighted by Crippen LogP contribution is -2.15. The molecular formula is C13H11FN4O3. The van der Waals surface area contributed by atoms with Gasteiger partial charge in [0.05, 0.1) is 4.92 Å². The van der Waals surface area contributed by atoms with E-state index < -0.39 is 22.3 Å². The molecule has 0 fully saturated rings. The Morgan fingerprint density at radius 2 is 2.10 bits per heavy atom. The van der Waals surface area contributed by atoms with Crippen molar-refractivity contribution in [2.75, 3.05) is 11.1 Å². The molecule has 0 aliphatic carbocycles. The van der Waals surface area contributed by atoms with Gasteiger partial charge in [0.25, 0.3) is 11.6 Å². The molecule has 0 aliphatic heterocycles. The number of carbonyl (C=O) groups excluding carboxylic acids is 1. The SMILES string of the molecule is Cc1cc(F)cc(NC(=O)c2cc(N)ncc2[N+](=O)[O-])c1. The van der Waals surface area contributed by atoms with Crippen molar-refractivity contribution in [2.24, 2.45) is 0 Å². The van der Waals surface area contributed by atoms with Crippen molar-refractivity contribution in [3.05, 3.63) is 57.5 Å². The van der Waals surface area contributed by atoms with E-state index in [0.717, 1.165) is 18.3 Å². The van der Waals surface area contributed by atoms with Crippen LogP contribution in [0.1, 0.15) is 15.9 Å². The van der Waals surface area contributed by atoms with Crippen LogP contribution < -0.4 is 11.1 Å². The van der Waals surface area contributed by atoms with E-state index in [4.69, 9.17) is 5.73 Å². The Hall–Kier alpha value is -3.03. The van der Waals surface area contributed by atoms with E-state index in [1.54, 1.807) is 6.92 Å². The molecule has 108 valence electrons. The average Bonchev–Trinajstić information content (AvgIpc) is 2.36. The molecule has 0 bridgehead atoms. The van der Waals surface area contributed by atoms with Gasteiger partial charge in [-0.1, -0.05) is 0 Å². The molecule has 0 radical (unpaired) electrons. The number of halogens is 1. The number of rotatable bonds is 3. The van der Waals surface area contributed by atoms with Crippen LogP contribution in [0.4, 0.5) is 21.6 Å². The number of hydrogen-bond donors (Lipinski definition) is 2. The Balaban J connectivity index is 2.36. The quantitative estimate of drug-likeness (QED) is 0.665. The molecule has 0 saturated heterocycles. The maximum atomic E-state index is 13.3. The summed E-state index contributed by atoms with van der Waals surface area (Å²) in [5.41, 5.74) is 5.52. The number of carbonyl (C=O) groups is 1. The maximum absolute atomic E-state index is 13.3. The van der Waals surface area contributed by atoms with Gasteiger partial charge in [0.2, 0.25) is 0 Å². The zero-order valence-electron chi connectivity index (χ0n) is 11.0. The summed E-state index contributed by atoms with van der Waals surface area (Å²) in [5.74, 6) is -1.31. The number of anilines is 2. The van der Waals surface area contributed by atoms with Crippen LogP contribution in [0.5, 0.6) is 0 Å². The number of pyridine rings is 1. The molecule has 1 aromatic carbocycles. The predicted octanol–water partition coefficient (Wildman–Crippen LogP) is 2.27. The zero-order chi connectivity index (χ0) is 15.6. The van der Waals surface area contributed by atoms with Crippen LogP contribution >= 0.6 is 0 Å². The van der Waals surface area contributed by atoms with Crippen LogP contribution in [0, 0.1) is 22.9 Å². The van der Waals surface area contributed by atoms with Crippen LogP contribution in [0.25, 0.3) is 0 Å². The number of amides is 1. The number of hydrogen-bond acceptors (Lipinski definition) is 5. The van der Waals surface area contributed by atoms with Crippen molar-refractivity contribution in [2.45, 2.75) is 6.92 Å². The normalized spacial score (nSPS) is 10.2. The molecule has 2 rings (SSSR count). The fourth-order valence-corrected chi connectivity index (χ4v) is 1.80. The molecule has 7 nitrogen and oxygen atoms in total. The summed E-state index contributed by atoms with van der Waals surface area (Å²) in [5, 5.41) is 13.3. The third kappa shape index (κ3) is 3.30. The summed E-state index contributed by atoms with van der Waals surface area (Å²) in [6, 6.07) is 5.04. The standard InChI is InChI=1S/C13H11FN4O3/c1-7-2-8(14)4-9(3-7)17-13(19)10-5-12(15)16-6-11(10)18(20)21/h2-6H,1H3,(H2,15,16)(H,17,19). The lowest BCUT2D eigenvalue weighted by Gasteiger charge is -2.07. The summed E-state index contributed by atoms with van der Waals surface area (Å²) in [7, 11) is 0. The summed E-state index contributed by atoms with van der Waals surface area (Å²) in [6.45, 7) is 1.66. The van der Waals surface area contributed by atoms with Gasteiger partial charge in [0.1, 0.15) is 23.4 Å². The predicted molar refractivity (Wildman–Crippen MR) is 74.4 cm³/mol. The van der Waals surface area contributed by atoms with Crippen LogP contribution in [0.3, 0.4) is 0 Å². The number of aromatic nitrogens is 1. The molecule has 0 spiro atoms. The Morgan fingerprint density at radius 3 is 2.71 bits per heavy atom. The molecule has 1 heterocycles. The van der Waals surface area contributed by atoms with Gasteiger partial charge in [-0.3, -0.25) is 14.9 Å². The number of benzene rings is 1. The smallest absolute Gasteiger partial charge is 0.300 e. The number of nitrogens with zero attached hydrogens (tertiary/aromatic N) is 2. The van der Waals surface area contributed by atoms with Crippen molar-refractivity contribution in [3.63, 3.8) is 0 Å². The second-order valence-electron chi connectivity index (χ2n) is 4.35. The van der Waals surface area contributed by atoms with E-state index in [1.807, 2.05) is 0 Å². The lowest BCUT2D eigenvalue weighted by atomic mass is 10.1. The lowest BCUT2D eigenvalue weighted by molar-refractivity contribution is -0.385. The van der Waals surface area contributed by atoms with E-state index >= 15 is 0 Å². The van der Waals surface area contributed by atoms with Crippen LogP contribution in [-0.2, 0) is 0 Å². The molecule has 2 aromatic rings. The summed E-state index contributed by atoms with van der Waals surface area (Å²) in [6.07, 6.45) is 0.904. The average molecular weight is 290 g/mol. The number of nitrogens with one attached hydrogen (secondary N) is 1. The number of nitrogens with two attached hydrogens (primary N) is 1. The van der Waals surface area contributed by atoms with Crippen LogP contribution in [0.15, 0.2) is 30.5 Å². The number of aryl methyl sites for hydroxylation is 1. The summed E-state index contributed by atoms with van der Waals surface area (Å²) in [4.78, 5) is 25.8. The molecule has 0 unspecified atom stereocenters. The van der Waals surface area contributed by atoms with E-state index in [2.05, 4.69) is 10.3 Å². The fraction of sp³-hybridized carbons (Fsp3) is 0.0769. The van der Waals surface area contributed by atoms with Gasteiger partial charge in [0, 0.05) is 5.69 Å². The molecule has 8 heteroatoms. The van der Waals surface area contributed by atoms with Gasteiger partial charge in [-0.15, -0.1) is 0 Å². The van der Waals surface area contributed by atoms with Gasteiger partial charge >= 0.3 is 0 Å². The molecule has 1 aromatic heterocycles. The van der Waals surface area contributed by atoms with Gasteiger partial charge < -0.3 is 11.1 Å². The minimum Gasteiger partial charge on any atom is -0.384 e. The minimum absolute atomic E-state index is 0.0267. The van der Waals surface area contributed by atoms with Crippen molar-refractivity contribution in [1.82, 2.24) is 4.98 Å². The molecule has 1 amide bonds. The molecule has 21 heavy (non-hydrogen) atoms. The van der Waals surface area contributed by atoms with Crippen LogP contribution in [0.2, 0.25) is 0 Å². The highest BCUT2D eigenvalue weighted by Gasteiger charge is 2.21. The van der Waals surface area contributed by atoms with Crippen molar-refractivity contribution >= 4 is 23.1 Å². The maximum Gasteiger partial charge on any atom is 0.300 e. The highest BCUT2D eigenvalue weighted by atomic mass is 19.1. The zero-order valence-corrected chi connectivity index (χ0v) is 11.0. The first-order chi connectivity index (χ1) is 9.86. The second-order valence-corrected chi connectivity index (χ2v) is 4.35. The van der Waals surface area contributed by atoms with Gasteiger partial charge in [-0.2, -0.15) is 0 Å². The summed E-state index contributed by atoms with van der Waals surface area (Å²) < 4.78 is 13.3. The monoisotopic (exact) mass is 290 g/mol. The molecule has 0 atom stereocenters. The second kappa shape index (κ2) is 5.53. The van der Waals surface area contributed by atoms with Crippen molar-refractivity contribution in [1.29, 1.82) is 0 Å². The Morgan fingerprint density at radius 1 is 1.38 bits per heavy atom. The Labute approximate surface area is 118 Å². The van der Waals surface area contributed by atoms with Gasteiger partial charge in [-0.05, 0) is 36.8 Å². The first-order valence-electron chi connectivity index (χ1n) is 5.85. The number of nitro groups is 1. The summed E-state index contributed by atoms with van der Waals surface area (Å²) >= 11 is 0. The minimum atomic E-state index is -0.763. The van der Waals surface area contributed by atoms with E-state index in [0.29, 0.717) is 5.56 Å². The number of nitrogen functional groups attached to an aromatic ring is 1.